The molecule has 0 saturated carbocycles. The van der Waals surface area contributed by atoms with Gasteiger partial charge in [-0.3, -0.25) is 0 Å². The van der Waals surface area contributed by atoms with E-state index >= 15 is 0 Å². The number of carbonyl (C=O) groups is 2. The molecule has 0 spiro atoms. The molecule has 0 heterocycles. The maximum atomic E-state index is 11.4. The van der Waals surface area contributed by atoms with Crippen molar-refractivity contribution in [1.29, 1.82) is 0 Å². The highest BCUT2D eigenvalue weighted by atomic mass is 16.6. The smallest absolute Gasteiger partial charge is 0.407 e. The van der Waals surface area contributed by atoms with E-state index in [9.17, 15) is 9.59 Å². The van der Waals surface area contributed by atoms with Gasteiger partial charge in [0, 0.05) is 19.6 Å². The third-order valence-corrected chi connectivity index (χ3v) is 2.17. The number of hydrogen-bond acceptors (Lipinski definition) is 5. The lowest BCUT2D eigenvalue weighted by Crippen LogP contribution is -2.37. The van der Waals surface area contributed by atoms with Gasteiger partial charge < -0.3 is 25.4 Å². The number of amides is 2. The standard InChI is InChI=1S/C15H31N3O4/c1-14(2,3)21-12(19)17-9-7-8-16-10-11-18-13(20)22-15(4,5)6/h16H,7-11H2,1-6H3,(H,17,19)(H,18,20). The third-order valence-electron chi connectivity index (χ3n) is 2.17. The Kier molecular flexibility index (Phi) is 8.86. The van der Waals surface area contributed by atoms with E-state index in [0.717, 1.165) is 13.0 Å². The number of alkyl carbamates (subject to hydrolysis) is 2. The van der Waals surface area contributed by atoms with Crippen LogP contribution in [0.3, 0.4) is 0 Å². The van der Waals surface area contributed by atoms with Gasteiger partial charge in [0.25, 0.3) is 0 Å². The molecule has 0 aromatic heterocycles. The molecule has 7 nitrogen and oxygen atoms in total. The van der Waals surface area contributed by atoms with Crippen LogP contribution in [0.5, 0.6) is 0 Å². The number of rotatable bonds is 7. The van der Waals surface area contributed by atoms with Gasteiger partial charge in [0.1, 0.15) is 11.2 Å². The highest BCUT2D eigenvalue weighted by Crippen LogP contribution is 2.06. The van der Waals surface area contributed by atoms with Crippen molar-refractivity contribution in [3.8, 4) is 0 Å². The van der Waals surface area contributed by atoms with Crippen LogP contribution in [-0.4, -0.2) is 49.6 Å². The Labute approximate surface area is 133 Å². The summed E-state index contributed by atoms with van der Waals surface area (Å²) in [6, 6.07) is 0. The Hall–Kier alpha value is -1.50. The third kappa shape index (κ3) is 14.9. The Morgan fingerprint density at radius 3 is 1.64 bits per heavy atom. The van der Waals surface area contributed by atoms with E-state index in [0.29, 0.717) is 19.6 Å². The van der Waals surface area contributed by atoms with E-state index in [4.69, 9.17) is 9.47 Å². The van der Waals surface area contributed by atoms with Crippen molar-refractivity contribution in [2.24, 2.45) is 0 Å². The SMILES string of the molecule is CC(C)(C)OC(=O)NCCCNCCNC(=O)OC(C)(C)C. The first-order valence-corrected chi connectivity index (χ1v) is 7.64. The first kappa shape index (κ1) is 20.5. The maximum Gasteiger partial charge on any atom is 0.407 e. The molecule has 0 bridgehead atoms. The largest absolute Gasteiger partial charge is 0.444 e. The highest BCUT2D eigenvalue weighted by Gasteiger charge is 2.16. The van der Waals surface area contributed by atoms with Crippen LogP contribution in [0.1, 0.15) is 48.0 Å². The summed E-state index contributed by atoms with van der Waals surface area (Å²) in [5.74, 6) is 0. The molecule has 0 rings (SSSR count). The van der Waals surface area contributed by atoms with Gasteiger partial charge in [-0.15, -0.1) is 0 Å². The average Bonchev–Trinajstić information content (AvgIpc) is 2.27. The molecular formula is C15H31N3O4. The van der Waals surface area contributed by atoms with Gasteiger partial charge in [0.2, 0.25) is 0 Å². The minimum atomic E-state index is -0.481. The molecular weight excluding hydrogens is 286 g/mol. The fourth-order valence-electron chi connectivity index (χ4n) is 1.41. The molecule has 0 atom stereocenters. The van der Waals surface area contributed by atoms with Gasteiger partial charge in [0.15, 0.2) is 0 Å². The molecule has 0 aliphatic carbocycles. The van der Waals surface area contributed by atoms with Gasteiger partial charge in [-0.25, -0.2) is 9.59 Å². The second-order valence-electron chi connectivity index (χ2n) is 6.96. The van der Waals surface area contributed by atoms with Crippen LogP contribution in [-0.2, 0) is 9.47 Å². The second-order valence-corrected chi connectivity index (χ2v) is 6.96. The zero-order chi connectivity index (χ0) is 17.2. The lowest BCUT2D eigenvalue weighted by Gasteiger charge is -2.20. The van der Waals surface area contributed by atoms with Crippen LogP contribution in [0.15, 0.2) is 0 Å². The van der Waals surface area contributed by atoms with Gasteiger partial charge in [0.05, 0.1) is 0 Å². The van der Waals surface area contributed by atoms with Crippen molar-refractivity contribution in [2.45, 2.75) is 59.2 Å². The summed E-state index contributed by atoms with van der Waals surface area (Å²) < 4.78 is 10.2. The summed E-state index contributed by atoms with van der Waals surface area (Å²) in [7, 11) is 0. The van der Waals surface area contributed by atoms with Crippen molar-refractivity contribution in [1.82, 2.24) is 16.0 Å². The van der Waals surface area contributed by atoms with Crippen LogP contribution < -0.4 is 16.0 Å². The van der Waals surface area contributed by atoms with Crippen molar-refractivity contribution in [2.75, 3.05) is 26.2 Å². The van der Waals surface area contributed by atoms with E-state index in [1.165, 1.54) is 0 Å². The van der Waals surface area contributed by atoms with Gasteiger partial charge in [-0.05, 0) is 54.5 Å². The Morgan fingerprint density at radius 2 is 1.18 bits per heavy atom. The van der Waals surface area contributed by atoms with E-state index in [-0.39, 0.29) is 0 Å². The summed E-state index contributed by atoms with van der Waals surface area (Å²) in [5.41, 5.74) is -0.958. The summed E-state index contributed by atoms with van der Waals surface area (Å²) in [4.78, 5) is 22.7. The lowest BCUT2D eigenvalue weighted by molar-refractivity contribution is 0.0514. The zero-order valence-electron chi connectivity index (χ0n) is 14.7. The van der Waals surface area contributed by atoms with Crippen molar-refractivity contribution in [3.63, 3.8) is 0 Å². The zero-order valence-corrected chi connectivity index (χ0v) is 14.7. The molecule has 130 valence electrons. The van der Waals surface area contributed by atoms with Gasteiger partial charge >= 0.3 is 12.2 Å². The number of carbonyl (C=O) groups excluding carboxylic acids is 2. The topological polar surface area (TPSA) is 88.7 Å². The predicted molar refractivity (Wildman–Crippen MR) is 86.0 cm³/mol. The number of nitrogens with one attached hydrogen (secondary N) is 3. The molecule has 3 N–H and O–H groups in total. The minimum Gasteiger partial charge on any atom is -0.444 e. The molecule has 2 amide bonds. The molecule has 0 saturated heterocycles. The van der Waals surface area contributed by atoms with E-state index < -0.39 is 23.4 Å². The second kappa shape index (κ2) is 9.50. The molecule has 0 aliphatic rings. The molecule has 7 heteroatoms. The predicted octanol–water partition coefficient (Wildman–Crippen LogP) is 2.02. The van der Waals surface area contributed by atoms with Crippen molar-refractivity contribution in [3.05, 3.63) is 0 Å². The normalized spacial score (nSPS) is 11.7. The molecule has 0 aliphatic heterocycles. The van der Waals surface area contributed by atoms with Crippen LogP contribution >= 0.6 is 0 Å². The summed E-state index contributed by atoms with van der Waals surface area (Å²) in [6.07, 6.45) is -0.0360. The van der Waals surface area contributed by atoms with E-state index in [2.05, 4.69) is 16.0 Å². The Morgan fingerprint density at radius 1 is 0.727 bits per heavy atom. The molecule has 0 aromatic carbocycles. The van der Waals surface area contributed by atoms with Gasteiger partial charge in [-0.2, -0.15) is 0 Å². The average molecular weight is 317 g/mol. The fraction of sp³-hybridized carbons (Fsp3) is 0.867. The van der Waals surface area contributed by atoms with Crippen LogP contribution in [0, 0.1) is 0 Å². The van der Waals surface area contributed by atoms with Crippen LogP contribution in [0.2, 0.25) is 0 Å². The Bertz CT molecular complexity index is 312. The van der Waals surface area contributed by atoms with Crippen LogP contribution in [0.4, 0.5) is 9.59 Å². The maximum absolute atomic E-state index is 11.4. The minimum absolute atomic E-state index is 0.404. The molecule has 0 aromatic rings. The number of hydrogen-bond donors (Lipinski definition) is 3. The van der Waals surface area contributed by atoms with Crippen molar-refractivity contribution >= 4 is 12.2 Å². The van der Waals surface area contributed by atoms with Crippen LogP contribution in [0.25, 0.3) is 0 Å². The molecule has 22 heavy (non-hydrogen) atoms. The monoisotopic (exact) mass is 317 g/mol. The molecule has 0 radical (unpaired) electrons. The van der Waals surface area contributed by atoms with Crippen molar-refractivity contribution < 1.29 is 19.1 Å². The lowest BCUT2D eigenvalue weighted by atomic mass is 10.2. The van der Waals surface area contributed by atoms with E-state index in [1.54, 1.807) is 0 Å². The van der Waals surface area contributed by atoms with Gasteiger partial charge in [-0.1, -0.05) is 0 Å². The summed E-state index contributed by atoms with van der Waals surface area (Å²) in [5, 5.41) is 8.51. The molecule has 0 fully saturated rings. The molecule has 0 unspecified atom stereocenters. The first-order valence-electron chi connectivity index (χ1n) is 7.64. The quantitative estimate of drug-likeness (QED) is 0.625. The van der Waals surface area contributed by atoms with E-state index in [1.807, 2.05) is 41.5 Å². The summed E-state index contributed by atoms with van der Waals surface area (Å²) >= 11 is 0. The number of ether oxygens (including phenoxy) is 2. The highest BCUT2D eigenvalue weighted by molar-refractivity contribution is 5.67. The summed E-state index contributed by atoms with van der Waals surface area (Å²) in [6.45, 7) is 13.4. The Balaban J connectivity index is 3.45. The fourth-order valence-corrected chi connectivity index (χ4v) is 1.41. The first-order chi connectivity index (χ1) is 9.99.